The first-order valence-electron chi connectivity index (χ1n) is 10.5. The number of allylic oxidation sites excluding steroid dienone is 4. The van der Waals surface area contributed by atoms with Crippen LogP contribution in [-0.4, -0.2) is 25.3 Å². The Bertz CT molecular complexity index is 1180. The van der Waals surface area contributed by atoms with E-state index in [1.165, 1.54) is 36.4 Å². The van der Waals surface area contributed by atoms with Crippen molar-refractivity contribution in [1.82, 2.24) is 0 Å². The van der Waals surface area contributed by atoms with E-state index in [9.17, 15) is 26.3 Å². The minimum Gasteiger partial charge on any atom is -0.406 e. The van der Waals surface area contributed by atoms with Gasteiger partial charge in [0.2, 0.25) is 0 Å². The van der Waals surface area contributed by atoms with Crippen LogP contribution in [0.3, 0.4) is 0 Å². The number of hydrogen-bond donors (Lipinski definition) is 0. The Kier molecular flexibility index (Phi) is 6.56. The monoisotopic (exact) mass is 494 g/mol. The first kappa shape index (κ1) is 24.3. The van der Waals surface area contributed by atoms with Crippen molar-refractivity contribution in [2.75, 3.05) is 16.3 Å². The highest BCUT2D eigenvalue weighted by Gasteiger charge is 2.33. The molecule has 2 aliphatic rings. The lowest BCUT2D eigenvalue weighted by Crippen LogP contribution is -2.30. The van der Waals surface area contributed by atoms with Crippen LogP contribution in [0, 0.1) is 0 Å². The van der Waals surface area contributed by atoms with E-state index in [-0.39, 0.29) is 17.5 Å². The van der Waals surface area contributed by atoms with Gasteiger partial charge < -0.3 is 19.3 Å². The quantitative estimate of drug-likeness (QED) is 0.415. The molecule has 0 saturated carbocycles. The van der Waals surface area contributed by atoms with Crippen LogP contribution in [0.15, 0.2) is 96.4 Å². The molecule has 4 nitrogen and oxygen atoms in total. The highest BCUT2D eigenvalue weighted by atomic mass is 19.4. The molecule has 2 aromatic carbocycles. The molecular formula is C25H20F6N2O2. The number of halogens is 6. The van der Waals surface area contributed by atoms with Crippen LogP contribution >= 0.6 is 0 Å². The number of anilines is 2. The van der Waals surface area contributed by atoms with E-state index >= 15 is 0 Å². The second-order valence-corrected chi connectivity index (χ2v) is 7.77. The van der Waals surface area contributed by atoms with E-state index in [4.69, 9.17) is 0 Å². The molecule has 0 radical (unpaired) electrons. The fourth-order valence-electron chi connectivity index (χ4n) is 3.81. The molecule has 1 atom stereocenters. The van der Waals surface area contributed by atoms with Gasteiger partial charge in [-0.2, -0.15) is 0 Å². The third-order valence-corrected chi connectivity index (χ3v) is 5.32. The van der Waals surface area contributed by atoms with Gasteiger partial charge in [-0.3, -0.25) is 0 Å². The van der Waals surface area contributed by atoms with Gasteiger partial charge in [0.05, 0.1) is 5.69 Å². The third-order valence-electron chi connectivity index (χ3n) is 5.32. The molecule has 35 heavy (non-hydrogen) atoms. The maximum absolute atomic E-state index is 12.8. The summed E-state index contributed by atoms with van der Waals surface area (Å²) in [6.07, 6.45) is 1.54. The Balaban J connectivity index is 1.43. The number of alkyl halides is 6. The van der Waals surface area contributed by atoms with Crippen molar-refractivity contribution in [3.63, 3.8) is 0 Å². The molecule has 184 valence electrons. The highest BCUT2D eigenvalue weighted by Crippen LogP contribution is 2.36. The van der Waals surface area contributed by atoms with E-state index in [2.05, 4.69) is 9.47 Å². The summed E-state index contributed by atoms with van der Waals surface area (Å²) in [7, 11) is 0. The van der Waals surface area contributed by atoms with Crippen LogP contribution < -0.4 is 19.3 Å². The van der Waals surface area contributed by atoms with Crippen molar-refractivity contribution in [3.05, 3.63) is 96.4 Å². The Labute approximate surface area is 197 Å². The summed E-state index contributed by atoms with van der Waals surface area (Å²) in [6, 6.07) is 11.3. The highest BCUT2D eigenvalue weighted by molar-refractivity contribution is 5.65. The molecule has 1 unspecified atom stereocenters. The van der Waals surface area contributed by atoms with Gasteiger partial charge in [-0.05, 0) is 66.6 Å². The first-order chi connectivity index (χ1) is 16.5. The molecule has 0 fully saturated rings. The molecule has 0 aromatic heterocycles. The van der Waals surface area contributed by atoms with Crippen LogP contribution in [0.5, 0.6) is 11.5 Å². The Morgan fingerprint density at radius 2 is 1.46 bits per heavy atom. The average molecular weight is 494 g/mol. The first-order valence-corrected chi connectivity index (χ1v) is 10.5. The number of rotatable bonds is 5. The van der Waals surface area contributed by atoms with E-state index in [1.54, 1.807) is 29.3 Å². The van der Waals surface area contributed by atoms with Crippen molar-refractivity contribution in [1.29, 1.82) is 0 Å². The van der Waals surface area contributed by atoms with Crippen LogP contribution in [0.4, 0.5) is 37.7 Å². The van der Waals surface area contributed by atoms with Gasteiger partial charge in [0.1, 0.15) is 5.75 Å². The molecule has 0 aliphatic carbocycles. The lowest BCUT2D eigenvalue weighted by Gasteiger charge is -2.31. The van der Waals surface area contributed by atoms with Crippen LogP contribution in [0.2, 0.25) is 0 Å². The van der Waals surface area contributed by atoms with E-state index in [0.29, 0.717) is 17.9 Å². The van der Waals surface area contributed by atoms with Gasteiger partial charge in [-0.25, -0.2) is 0 Å². The zero-order chi connectivity index (χ0) is 25.2. The Morgan fingerprint density at radius 3 is 2.06 bits per heavy atom. The summed E-state index contributed by atoms with van der Waals surface area (Å²) >= 11 is 0. The summed E-state index contributed by atoms with van der Waals surface area (Å²) < 4.78 is 83.4. The molecule has 0 bridgehead atoms. The third kappa shape index (κ3) is 6.20. The topological polar surface area (TPSA) is 24.9 Å². The van der Waals surface area contributed by atoms with Crippen molar-refractivity contribution in [2.45, 2.75) is 25.7 Å². The molecule has 4 rings (SSSR count). The summed E-state index contributed by atoms with van der Waals surface area (Å²) in [6.45, 7) is 2.34. The average Bonchev–Trinajstić information content (AvgIpc) is 2.78. The molecular weight excluding hydrogens is 474 g/mol. The lowest BCUT2D eigenvalue weighted by molar-refractivity contribution is -0.275. The predicted molar refractivity (Wildman–Crippen MR) is 120 cm³/mol. The van der Waals surface area contributed by atoms with Gasteiger partial charge in [0.25, 0.3) is 0 Å². The zero-order valence-electron chi connectivity index (χ0n) is 18.3. The van der Waals surface area contributed by atoms with E-state index < -0.39 is 12.7 Å². The molecule has 0 saturated heterocycles. The maximum atomic E-state index is 12.8. The molecule has 0 spiro atoms. The van der Waals surface area contributed by atoms with E-state index in [1.807, 2.05) is 36.3 Å². The predicted octanol–water partition coefficient (Wildman–Crippen LogP) is 7.09. The van der Waals surface area contributed by atoms with Gasteiger partial charge in [-0.1, -0.05) is 24.3 Å². The molecule has 2 heterocycles. The Hall–Kier alpha value is -3.82. The van der Waals surface area contributed by atoms with Gasteiger partial charge >= 0.3 is 12.7 Å². The fourth-order valence-corrected chi connectivity index (χ4v) is 3.81. The molecule has 0 N–H and O–H groups in total. The maximum Gasteiger partial charge on any atom is 0.573 e. The molecule has 0 amide bonds. The second kappa shape index (κ2) is 9.44. The number of benzene rings is 2. The van der Waals surface area contributed by atoms with Gasteiger partial charge in [-0.15, -0.1) is 26.3 Å². The summed E-state index contributed by atoms with van der Waals surface area (Å²) in [5.41, 5.74) is 2.80. The van der Waals surface area contributed by atoms with Crippen LogP contribution in [0.1, 0.15) is 6.92 Å². The fraction of sp³-hybridized carbons (Fsp3) is 0.200. The number of para-hydroxylation sites is 2. The number of ether oxygens (including phenoxy) is 2. The summed E-state index contributed by atoms with van der Waals surface area (Å²) in [5, 5.41) is 0. The lowest BCUT2D eigenvalue weighted by atomic mass is 9.98. The largest absolute Gasteiger partial charge is 0.573 e. The molecule has 2 aromatic rings. The van der Waals surface area contributed by atoms with Crippen LogP contribution in [0.25, 0.3) is 0 Å². The second-order valence-electron chi connectivity index (χ2n) is 7.77. The van der Waals surface area contributed by atoms with E-state index in [0.717, 1.165) is 11.1 Å². The minimum absolute atomic E-state index is 0.249. The number of nitrogens with zero attached hydrogens (tertiary/aromatic N) is 2. The summed E-state index contributed by atoms with van der Waals surface area (Å²) in [4.78, 5) is 3.54. The van der Waals surface area contributed by atoms with Crippen molar-refractivity contribution in [2.24, 2.45) is 0 Å². The van der Waals surface area contributed by atoms with Gasteiger partial charge in [0, 0.05) is 30.7 Å². The minimum atomic E-state index is -4.80. The summed E-state index contributed by atoms with van der Waals surface area (Å²) in [5.74, 6) is -0.580. The normalized spacial score (nSPS) is 18.3. The van der Waals surface area contributed by atoms with Crippen molar-refractivity contribution in [3.8, 4) is 11.5 Å². The zero-order valence-corrected chi connectivity index (χ0v) is 18.3. The molecule has 2 aliphatic heterocycles. The SMILES string of the molecule is CC1C=C(C2=CCN(c3ccc(OC(F)(F)F)cc3)C=C2)C=CN1c1ccccc1OC(F)(F)F. The smallest absolute Gasteiger partial charge is 0.406 e. The standard InChI is InChI=1S/C25H20F6N2O2/c1-17-16-19(12-15-33(17)22-4-2-3-5-23(22)35-25(29,30)31)18-10-13-32(14-11-18)20-6-8-21(9-7-20)34-24(26,27)28/h2-13,15-17H,14H2,1H3. The number of hydrogen-bond acceptors (Lipinski definition) is 4. The van der Waals surface area contributed by atoms with Crippen LogP contribution in [-0.2, 0) is 0 Å². The Morgan fingerprint density at radius 1 is 0.800 bits per heavy atom. The van der Waals surface area contributed by atoms with Crippen molar-refractivity contribution < 1.29 is 35.8 Å². The molecule has 10 heteroatoms. The van der Waals surface area contributed by atoms with Crippen molar-refractivity contribution >= 4 is 11.4 Å². The van der Waals surface area contributed by atoms with Gasteiger partial charge in [0.15, 0.2) is 5.75 Å².